The van der Waals surface area contributed by atoms with Gasteiger partial charge in [-0.25, -0.2) is 9.79 Å². The van der Waals surface area contributed by atoms with E-state index in [-0.39, 0.29) is 5.88 Å². The minimum absolute atomic E-state index is 0.290. The third-order valence-corrected chi connectivity index (χ3v) is 5.26. The molecule has 0 saturated carbocycles. The van der Waals surface area contributed by atoms with E-state index in [4.69, 9.17) is 25.2 Å². The van der Waals surface area contributed by atoms with Gasteiger partial charge in [0.1, 0.15) is 16.7 Å². The van der Waals surface area contributed by atoms with Gasteiger partial charge in [-0.3, -0.25) is 0 Å². The summed E-state index contributed by atoms with van der Waals surface area (Å²) in [6.07, 6.45) is 1.66. The second-order valence-corrected chi connectivity index (χ2v) is 7.32. The largest absolute Gasteiger partial charge is 0.496 e. The van der Waals surface area contributed by atoms with Gasteiger partial charge in [0.2, 0.25) is 5.88 Å². The van der Waals surface area contributed by atoms with Crippen LogP contribution < -0.4 is 10.4 Å². The number of methoxy groups -OCH3 is 1. The van der Waals surface area contributed by atoms with Crippen molar-refractivity contribution in [3.05, 3.63) is 93.8 Å². The molecule has 0 N–H and O–H groups in total. The average molecular weight is 430 g/mol. The van der Waals surface area contributed by atoms with Crippen LogP contribution in [0.2, 0.25) is 5.02 Å². The summed E-state index contributed by atoms with van der Waals surface area (Å²) in [5.41, 5.74) is 2.44. The molecule has 0 atom stereocenters. The molecule has 0 radical (unpaired) electrons. The van der Waals surface area contributed by atoms with Crippen LogP contribution in [0, 0.1) is 0 Å². The number of aliphatic imine (C=N–C) groups is 1. The number of para-hydroxylation sites is 2. The molecule has 0 fully saturated rings. The van der Waals surface area contributed by atoms with Gasteiger partial charge in [-0.2, -0.15) is 0 Å². The number of furan rings is 1. The molecule has 0 aliphatic carbocycles. The minimum atomic E-state index is -0.494. The maximum atomic E-state index is 13.0. The number of hydrogen-bond donors (Lipinski definition) is 0. The average Bonchev–Trinajstić information content (AvgIpc) is 3.19. The molecule has 152 valence electrons. The van der Waals surface area contributed by atoms with Crippen LogP contribution in [0.25, 0.3) is 33.1 Å². The van der Waals surface area contributed by atoms with Crippen LogP contribution in [-0.4, -0.2) is 13.3 Å². The quantitative estimate of drug-likeness (QED) is 0.238. The molecule has 5 nitrogen and oxygen atoms in total. The zero-order valence-corrected chi connectivity index (χ0v) is 17.2. The lowest BCUT2D eigenvalue weighted by molar-refractivity contribution is 0.416. The molecule has 0 aliphatic heterocycles. The van der Waals surface area contributed by atoms with Gasteiger partial charge in [-0.1, -0.05) is 54.1 Å². The normalized spacial score (nSPS) is 11.5. The Hall–Kier alpha value is -3.83. The Bertz CT molecular complexity index is 1500. The van der Waals surface area contributed by atoms with E-state index in [1.54, 1.807) is 37.6 Å². The van der Waals surface area contributed by atoms with Gasteiger partial charge in [0.05, 0.1) is 18.1 Å². The monoisotopic (exact) mass is 429 g/mol. The molecule has 5 rings (SSSR count). The summed E-state index contributed by atoms with van der Waals surface area (Å²) in [7, 11) is 1.58. The highest BCUT2D eigenvalue weighted by Gasteiger charge is 2.24. The van der Waals surface area contributed by atoms with Crippen molar-refractivity contribution in [1.82, 2.24) is 0 Å². The number of rotatable bonds is 4. The molecule has 0 saturated heterocycles. The van der Waals surface area contributed by atoms with Crippen LogP contribution in [0.5, 0.6) is 5.75 Å². The lowest BCUT2D eigenvalue weighted by Gasteiger charge is -2.07. The highest BCUT2D eigenvalue weighted by molar-refractivity contribution is 6.30. The van der Waals surface area contributed by atoms with Gasteiger partial charge >= 0.3 is 5.63 Å². The van der Waals surface area contributed by atoms with Gasteiger partial charge in [0, 0.05) is 16.8 Å². The van der Waals surface area contributed by atoms with Crippen molar-refractivity contribution in [2.45, 2.75) is 0 Å². The number of benzene rings is 3. The minimum Gasteiger partial charge on any atom is -0.496 e. The third-order valence-electron chi connectivity index (χ3n) is 5.01. The Balaban J connectivity index is 1.83. The maximum Gasteiger partial charge on any atom is 0.348 e. The summed E-state index contributed by atoms with van der Waals surface area (Å²) in [5.74, 6) is 0.888. The SMILES string of the molecule is COc1ccccc1-c1c(N=Cc2ccc(Cl)cc2)oc2c1c(=O)oc1ccccc12. The Morgan fingerprint density at radius 1 is 0.935 bits per heavy atom. The van der Waals surface area contributed by atoms with Crippen molar-refractivity contribution in [2.24, 2.45) is 4.99 Å². The van der Waals surface area contributed by atoms with Gasteiger partial charge in [0.15, 0.2) is 5.58 Å². The molecule has 6 heteroatoms. The molecule has 0 amide bonds. The number of fused-ring (bicyclic) bond motifs is 3. The molecular formula is C25H16ClNO4. The molecule has 2 heterocycles. The summed E-state index contributed by atoms with van der Waals surface area (Å²) in [4.78, 5) is 17.5. The fourth-order valence-electron chi connectivity index (χ4n) is 3.57. The van der Waals surface area contributed by atoms with Gasteiger partial charge in [-0.15, -0.1) is 0 Å². The maximum absolute atomic E-state index is 13.0. The molecule has 5 aromatic rings. The zero-order valence-electron chi connectivity index (χ0n) is 16.5. The van der Waals surface area contributed by atoms with Crippen LogP contribution in [0.4, 0.5) is 5.88 Å². The van der Waals surface area contributed by atoms with Crippen LogP contribution in [-0.2, 0) is 0 Å². The Morgan fingerprint density at radius 2 is 1.68 bits per heavy atom. The number of halogens is 1. The lowest BCUT2D eigenvalue weighted by Crippen LogP contribution is -1.99. The summed E-state index contributed by atoms with van der Waals surface area (Å²) in [6, 6.07) is 21.9. The number of nitrogens with zero attached hydrogens (tertiary/aromatic N) is 1. The Kier molecular flexibility index (Phi) is 4.81. The molecule has 0 unspecified atom stereocenters. The molecule has 0 aliphatic rings. The standard InChI is InChI=1S/C25H16ClNO4/c1-29-19-8-4-2-6-17(19)21-22-23(18-7-3-5-9-20(18)30-25(22)28)31-24(21)27-14-15-10-12-16(26)13-11-15/h2-14H,1H3. The van der Waals surface area contributed by atoms with E-state index in [1.807, 2.05) is 48.5 Å². The van der Waals surface area contributed by atoms with E-state index in [9.17, 15) is 4.79 Å². The second-order valence-electron chi connectivity index (χ2n) is 6.88. The van der Waals surface area contributed by atoms with Gasteiger partial charge in [-0.05, 0) is 35.9 Å². The fourth-order valence-corrected chi connectivity index (χ4v) is 3.70. The molecule has 2 aromatic heterocycles. The molecule has 3 aromatic carbocycles. The molecule has 0 bridgehead atoms. The summed E-state index contributed by atoms with van der Waals surface area (Å²) in [5, 5.41) is 1.66. The van der Waals surface area contributed by atoms with Crippen LogP contribution >= 0.6 is 11.6 Å². The first-order valence-corrected chi connectivity index (χ1v) is 9.95. The highest BCUT2D eigenvalue weighted by Crippen LogP contribution is 2.44. The van der Waals surface area contributed by atoms with Crippen LogP contribution in [0.3, 0.4) is 0 Å². The van der Waals surface area contributed by atoms with Crippen LogP contribution in [0.1, 0.15) is 5.56 Å². The first-order valence-electron chi connectivity index (χ1n) is 9.57. The summed E-state index contributed by atoms with van der Waals surface area (Å²) in [6.45, 7) is 0. The van der Waals surface area contributed by atoms with Gasteiger partial charge < -0.3 is 13.6 Å². The molecule has 31 heavy (non-hydrogen) atoms. The van der Waals surface area contributed by atoms with Crippen molar-refractivity contribution in [3.8, 4) is 16.9 Å². The topological polar surface area (TPSA) is 64.9 Å². The predicted octanol–water partition coefficient (Wildman–Crippen LogP) is 6.62. The smallest absolute Gasteiger partial charge is 0.348 e. The third kappa shape index (κ3) is 3.39. The van der Waals surface area contributed by atoms with Crippen molar-refractivity contribution in [3.63, 3.8) is 0 Å². The second kappa shape index (κ2) is 7.78. The molecular weight excluding hydrogens is 414 g/mol. The highest BCUT2D eigenvalue weighted by atomic mass is 35.5. The van der Waals surface area contributed by atoms with Crippen molar-refractivity contribution >= 4 is 45.6 Å². The first kappa shape index (κ1) is 19.2. The van der Waals surface area contributed by atoms with E-state index in [2.05, 4.69) is 4.99 Å². The lowest BCUT2D eigenvalue weighted by atomic mass is 10.0. The van der Waals surface area contributed by atoms with Crippen molar-refractivity contribution in [2.75, 3.05) is 7.11 Å². The van der Waals surface area contributed by atoms with Crippen LogP contribution in [0.15, 0.2) is 91.4 Å². The number of ether oxygens (including phenoxy) is 1. The summed E-state index contributed by atoms with van der Waals surface area (Å²) < 4.78 is 17.3. The Labute approximate surface area is 182 Å². The van der Waals surface area contributed by atoms with E-state index in [0.717, 1.165) is 5.56 Å². The zero-order chi connectivity index (χ0) is 21.4. The van der Waals surface area contributed by atoms with E-state index in [1.165, 1.54) is 0 Å². The predicted molar refractivity (Wildman–Crippen MR) is 123 cm³/mol. The van der Waals surface area contributed by atoms with Crippen molar-refractivity contribution in [1.29, 1.82) is 0 Å². The van der Waals surface area contributed by atoms with E-state index < -0.39 is 5.63 Å². The van der Waals surface area contributed by atoms with Gasteiger partial charge in [0.25, 0.3) is 0 Å². The first-order chi connectivity index (χ1) is 15.2. The van der Waals surface area contributed by atoms with Crippen molar-refractivity contribution < 1.29 is 13.6 Å². The van der Waals surface area contributed by atoms with E-state index >= 15 is 0 Å². The fraction of sp³-hybridized carbons (Fsp3) is 0.0400. The Morgan fingerprint density at radius 3 is 2.48 bits per heavy atom. The number of hydrogen-bond acceptors (Lipinski definition) is 5. The summed E-state index contributed by atoms with van der Waals surface area (Å²) >= 11 is 5.97. The molecule has 0 spiro atoms. The van der Waals surface area contributed by atoms with E-state index in [0.29, 0.717) is 43.8 Å².